The van der Waals surface area contributed by atoms with Crippen molar-refractivity contribution >= 4 is 27.5 Å². The average Bonchev–Trinajstić information content (AvgIpc) is 2.67. The van der Waals surface area contributed by atoms with Gasteiger partial charge < -0.3 is 14.8 Å². The molecule has 0 spiro atoms. The lowest BCUT2D eigenvalue weighted by Crippen LogP contribution is -2.12. The molecule has 1 N–H and O–H groups in total. The number of benzene rings is 2. The van der Waals surface area contributed by atoms with Crippen molar-refractivity contribution in [1.82, 2.24) is 0 Å². The molecule has 0 fully saturated rings. The molecule has 0 radical (unpaired) electrons. The van der Waals surface area contributed by atoms with E-state index in [2.05, 4.69) is 35.1 Å². The van der Waals surface area contributed by atoms with Gasteiger partial charge in [-0.2, -0.15) is 0 Å². The first-order chi connectivity index (χ1) is 13.1. The summed E-state index contributed by atoms with van der Waals surface area (Å²) >= 11 is 3.46. The van der Waals surface area contributed by atoms with E-state index >= 15 is 0 Å². The summed E-state index contributed by atoms with van der Waals surface area (Å²) in [5, 5.41) is 2.92. The zero-order valence-electron chi connectivity index (χ0n) is 16.1. The summed E-state index contributed by atoms with van der Waals surface area (Å²) in [5.74, 6) is 1.35. The van der Waals surface area contributed by atoms with E-state index in [1.54, 1.807) is 12.1 Å². The number of hydrogen-bond acceptors (Lipinski definition) is 3. The second-order valence-corrected chi connectivity index (χ2v) is 7.24. The Morgan fingerprint density at radius 2 is 1.81 bits per heavy atom. The number of ether oxygens (including phenoxy) is 2. The minimum atomic E-state index is -0.169. The molecule has 0 atom stereocenters. The minimum Gasteiger partial charge on any atom is -0.494 e. The highest BCUT2D eigenvalue weighted by Gasteiger charge is 2.10. The van der Waals surface area contributed by atoms with Crippen molar-refractivity contribution in [2.45, 2.75) is 46.0 Å². The molecule has 0 heterocycles. The number of nitrogens with one attached hydrogen (secondary N) is 1. The van der Waals surface area contributed by atoms with Gasteiger partial charge in [0.15, 0.2) is 0 Å². The van der Waals surface area contributed by atoms with Gasteiger partial charge in [-0.05, 0) is 59.1 Å². The molecule has 4 nitrogen and oxygen atoms in total. The van der Waals surface area contributed by atoms with E-state index in [0.29, 0.717) is 24.5 Å². The fourth-order valence-electron chi connectivity index (χ4n) is 2.56. The van der Waals surface area contributed by atoms with Crippen molar-refractivity contribution in [3.8, 4) is 11.5 Å². The highest BCUT2D eigenvalue weighted by molar-refractivity contribution is 9.10. The van der Waals surface area contributed by atoms with Crippen molar-refractivity contribution in [3.05, 3.63) is 52.5 Å². The summed E-state index contributed by atoms with van der Waals surface area (Å²) in [4.78, 5) is 12.5. The van der Waals surface area contributed by atoms with Crippen LogP contribution in [0.2, 0.25) is 0 Å². The average molecular weight is 434 g/mol. The number of anilines is 1. The largest absolute Gasteiger partial charge is 0.494 e. The quantitative estimate of drug-likeness (QED) is 0.414. The molecule has 0 saturated carbocycles. The number of amides is 1. The van der Waals surface area contributed by atoms with E-state index in [4.69, 9.17) is 9.47 Å². The molecule has 0 unspecified atom stereocenters. The van der Waals surface area contributed by atoms with Gasteiger partial charge in [0.05, 0.1) is 17.7 Å². The molecule has 0 aromatic heterocycles. The molecule has 5 heteroatoms. The first-order valence-corrected chi connectivity index (χ1v) is 10.4. The van der Waals surface area contributed by atoms with Crippen LogP contribution in [0, 0.1) is 0 Å². The number of hydrogen-bond donors (Lipinski definition) is 1. The van der Waals surface area contributed by atoms with Gasteiger partial charge in [-0.3, -0.25) is 4.79 Å². The molecule has 2 aromatic rings. The third kappa shape index (κ3) is 7.25. The molecule has 27 heavy (non-hydrogen) atoms. The minimum absolute atomic E-state index is 0.169. The van der Waals surface area contributed by atoms with Crippen LogP contribution < -0.4 is 14.8 Å². The summed E-state index contributed by atoms with van der Waals surface area (Å²) in [5.41, 5.74) is 1.28. The standard InChI is InChI=1S/C22H28BrNO3/c1-3-5-6-7-14-26-19-10-8-9-18(16-19)24-22(25)17-11-12-21(20(23)15-17)27-13-4-2/h8-12,15-16H,3-7,13-14H2,1-2H3,(H,24,25). The summed E-state index contributed by atoms with van der Waals surface area (Å²) in [6.45, 7) is 5.59. The van der Waals surface area contributed by atoms with Crippen molar-refractivity contribution in [3.63, 3.8) is 0 Å². The van der Waals surface area contributed by atoms with Crippen LogP contribution in [-0.4, -0.2) is 19.1 Å². The molecule has 2 rings (SSSR count). The van der Waals surface area contributed by atoms with Gasteiger partial charge in [0, 0.05) is 17.3 Å². The predicted molar refractivity (Wildman–Crippen MR) is 114 cm³/mol. The third-order valence-electron chi connectivity index (χ3n) is 4.01. The highest BCUT2D eigenvalue weighted by Crippen LogP contribution is 2.27. The second-order valence-electron chi connectivity index (χ2n) is 6.38. The SMILES string of the molecule is CCCCCCOc1cccc(NC(=O)c2ccc(OCCC)c(Br)c2)c1. The van der Waals surface area contributed by atoms with Crippen molar-refractivity contribution < 1.29 is 14.3 Å². The third-order valence-corrected chi connectivity index (χ3v) is 4.63. The Morgan fingerprint density at radius 3 is 2.56 bits per heavy atom. The van der Waals surface area contributed by atoms with Crippen LogP contribution in [0.3, 0.4) is 0 Å². The first-order valence-electron chi connectivity index (χ1n) is 9.60. The lowest BCUT2D eigenvalue weighted by Gasteiger charge is -2.11. The number of carbonyl (C=O) groups excluding carboxylic acids is 1. The molecule has 1 amide bonds. The van der Waals surface area contributed by atoms with E-state index in [9.17, 15) is 4.79 Å². The Bertz CT molecular complexity index is 733. The van der Waals surface area contributed by atoms with Crippen LogP contribution in [0.4, 0.5) is 5.69 Å². The maximum Gasteiger partial charge on any atom is 0.255 e. The smallest absolute Gasteiger partial charge is 0.255 e. The Morgan fingerprint density at radius 1 is 0.963 bits per heavy atom. The van der Waals surface area contributed by atoms with Crippen LogP contribution in [-0.2, 0) is 0 Å². The lowest BCUT2D eigenvalue weighted by molar-refractivity contribution is 0.102. The van der Waals surface area contributed by atoms with E-state index in [0.717, 1.165) is 28.8 Å². The maximum absolute atomic E-state index is 12.5. The summed E-state index contributed by atoms with van der Waals surface area (Å²) < 4.78 is 12.2. The molecular weight excluding hydrogens is 406 g/mol. The first kappa shape index (κ1) is 21.3. The van der Waals surface area contributed by atoms with Gasteiger partial charge in [-0.25, -0.2) is 0 Å². The molecular formula is C22H28BrNO3. The summed E-state index contributed by atoms with van der Waals surface area (Å²) in [7, 11) is 0. The van der Waals surface area contributed by atoms with E-state index in [1.807, 2.05) is 30.3 Å². The number of unbranched alkanes of at least 4 members (excludes halogenated alkanes) is 3. The van der Waals surface area contributed by atoms with Crippen LogP contribution >= 0.6 is 15.9 Å². The van der Waals surface area contributed by atoms with Gasteiger partial charge in [0.2, 0.25) is 0 Å². The number of rotatable bonds is 11. The van der Waals surface area contributed by atoms with Crippen molar-refractivity contribution in [1.29, 1.82) is 0 Å². The predicted octanol–water partition coefficient (Wildman–Crippen LogP) is 6.45. The number of halogens is 1. The van der Waals surface area contributed by atoms with Gasteiger partial charge in [0.1, 0.15) is 11.5 Å². The summed E-state index contributed by atoms with van der Waals surface area (Å²) in [6.07, 6.45) is 5.61. The topological polar surface area (TPSA) is 47.6 Å². The zero-order valence-corrected chi connectivity index (χ0v) is 17.7. The summed E-state index contributed by atoms with van der Waals surface area (Å²) in [6, 6.07) is 12.8. The normalized spacial score (nSPS) is 10.5. The van der Waals surface area contributed by atoms with E-state index < -0.39 is 0 Å². The van der Waals surface area contributed by atoms with Gasteiger partial charge in [-0.15, -0.1) is 0 Å². The number of carbonyl (C=O) groups is 1. The Labute approximate surface area is 170 Å². The van der Waals surface area contributed by atoms with Crippen molar-refractivity contribution in [2.75, 3.05) is 18.5 Å². The molecule has 0 aliphatic heterocycles. The molecule has 0 saturated heterocycles. The fraction of sp³-hybridized carbons (Fsp3) is 0.409. The van der Waals surface area contributed by atoms with E-state index in [-0.39, 0.29) is 5.91 Å². The Hall–Kier alpha value is -2.01. The van der Waals surface area contributed by atoms with Crippen LogP contribution in [0.25, 0.3) is 0 Å². The van der Waals surface area contributed by atoms with Gasteiger partial charge in [0.25, 0.3) is 5.91 Å². The van der Waals surface area contributed by atoms with Gasteiger partial charge in [-0.1, -0.05) is 39.2 Å². The molecule has 0 bridgehead atoms. The maximum atomic E-state index is 12.5. The molecule has 0 aliphatic rings. The Balaban J connectivity index is 1.93. The van der Waals surface area contributed by atoms with E-state index in [1.165, 1.54) is 19.3 Å². The second kappa shape index (κ2) is 11.7. The lowest BCUT2D eigenvalue weighted by atomic mass is 10.2. The van der Waals surface area contributed by atoms with Crippen LogP contribution in [0.5, 0.6) is 11.5 Å². The van der Waals surface area contributed by atoms with Gasteiger partial charge >= 0.3 is 0 Å². The zero-order chi connectivity index (χ0) is 19.5. The van der Waals surface area contributed by atoms with Crippen LogP contribution in [0.15, 0.2) is 46.9 Å². The molecule has 146 valence electrons. The van der Waals surface area contributed by atoms with Crippen LogP contribution in [0.1, 0.15) is 56.3 Å². The highest BCUT2D eigenvalue weighted by atomic mass is 79.9. The fourth-order valence-corrected chi connectivity index (χ4v) is 3.05. The molecule has 0 aliphatic carbocycles. The van der Waals surface area contributed by atoms with Crippen molar-refractivity contribution in [2.24, 2.45) is 0 Å². The monoisotopic (exact) mass is 433 g/mol. The Kier molecular flexibility index (Phi) is 9.19. The molecule has 2 aromatic carbocycles.